The van der Waals surface area contributed by atoms with Crippen molar-refractivity contribution in [1.82, 2.24) is 10.8 Å². The molecule has 1 atom stereocenters. The summed E-state index contributed by atoms with van der Waals surface area (Å²) in [6.07, 6.45) is -5.51. The minimum absolute atomic E-state index is 0.0993. The van der Waals surface area contributed by atoms with Crippen molar-refractivity contribution in [2.75, 3.05) is 0 Å². The summed E-state index contributed by atoms with van der Waals surface area (Å²) < 4.78 is 37.7. The second-order valence-corrected chi connectivity index (χ2v) is 4.93. The predicted octanol–water partition coefficient (Wildman–Crippen LogP) is 2.28. The number of halogens is 3. The summed E-state index contributed by atoms with van der Waals surface area (Å²) in [5.74, 6) is -1.31. The van der Waals surface area contributed by atoms with Gasteiger partial charge in [0.15, 0.2) is 6.10 Å². The second kappa shape index (κ2) is 7.26. The van der Waals surface area contributed by atoms with Gasteiger partial charge in [-0.05, 0) is 39.0 Å². The van der Waals surface area contributed by atoms with E-state index in [1.807, 2.05) is 5.48 Å². The van der Waals surface area contributed by atoms with Crippen molar-refractivity contribution < 1.29 is 27.6 Å². The first-order valence-corrected chi connectivity index (χ1v) is 6.55. The highest BCUT2D eigenvalue weighted by Gasteiger charge is 2.31. The molecule has 1 aromatic rings. The Hall–Kier alpha value is -2.09. The molecule has 1 unspecified atom stereocenters. The average Bonchev–Trinajstić information content (AvgIpc) is 2.42. The van der Waals surface area contributed by atoms with Gasteiger partial charge < -0.3 is 5.32 Å². The number of carbonyl (C=O) groups is 2. The van der Waals surface area contributed by atoms with Crippen LogP contribution >= 0.6 is 0 Å². The van der Waals surface area contributed by atoms with Crippen LogP contribution in [0.4, 0.5) is 13.2 Å². The Balaban J connectivity index is 2.65. The lowest BCUT2D eigenvalue weighted by atomic mass is 10.1. The van der Waals surface area contributed by atoms with Gasteiger partial charge in [-0.25, -0.2) is 5.48 Å². The molecule has 0 aromatic heterocycles. The zero-order chi connectivity index (χ0) is 16.9. The van der Waals surface area contributed by atoms with Gasteiger partial charge in [0.25, 0.3) is 11.8 Å². The number of carbonyl (C=O) groups excluding carboxylic acids is 2. The van der Waals surface area contributed by atoms with Gasteiger partial charge in [-0.15, -0.1) is 0 Å². The maximum atomic E-state index is 12.6. The van der Waals surface area contributed by atoms with Crippen molar-refractivity contribution in [3.8, 4) is 0 Å². The van der Waals surface area contributed by atoms with E-state index >= 15 is 0 Å². The van der Waals surface area contributed by atoms with Crippen LogP contribution in [0.3, 0.4) is 0 Å². The van der Waals surface area contributed by atoms with Crippen LogP contribution in [0.2, 0.25) is 0 Å². The van der Waals surface area contributed by atoms with Gasteiger partial charge in [0.05, 0.1) is 5.56 Å². The molecule has 0 saturated heterocycles. The molecule has 0 saturated carbocycles. The van der Waals surface area contributed by atoms with Crippen LogP contribution in [-0.4, -0.2) is 24.0 Å². The van der Waals surface area contributed by atoms with E-state index in [1.54, 1.807) is 13.8 Å². The minimum atomic E-state index is -4.54. The topological polar surface area (TPSA) is 67.4 Å². The summed E-state index contributed by atoms with van der Waals surface area (Å²) in [6, 6.07) is 3.80. The summed E-state index contributed by atoms with van der Waals surface area (Å²) >= 11 is 0. The molecule has 0 bridgehead atoms. The normalized spacial score (nSPS) is 12.9. The second-order valence-electron chi connectivity index (χ2n) is 4.93. The highest BCUT2D eigenvalue weighted by molar-refractivity contribution is 5.93. The fourth-order valence-corrected chi connectivity index (χ4v) is 1.49. The third-order valence-electron chi connectivity index (χ3n) is 2.58. The molecule has 0 aliphatic carbocycles. The van der Waals surface area contributed by atoms with Crippen molar-refractivity contribution in [3.05, 3.63) is 35.4 Å². The summed E-state index contributed by atoms with van der Waals surface area (Å²) in [7, 11) is 0. The van der Waals surface area contributed by atoms with Gasteiger partial charge in [0, 0.05) is 11.6 Å². The largest absolute Gasteiger partial charge is 0.416 e. The molecule has 2 amide bonds. The Kier molecular flexibility index (Phi) is 5.92. The van der Waals surface area contributed by atoms with Crippen molar-refractivity contribution in [2.45, 2.75) is 39.1 Å². The molecule has 0 radical (unpaired) electrons. The maximum Gasteiger partial charge on any atom is 0.416 e. The molecular formula is C14H17F3N2O3. The molecule has 0 aliphatic rings. The molecule has 0 spiro atoms. The van der Waals surface area contributed by atoms with E-state index in [1.165, 1.54) is 13.0 Å². The standard InChI is InChI=1S/C14H17F3N2O3/c1-8(2)18-12(20)9(3)22-19-13(21)10-5-4-6-11(7-10)14(15,16)17/h4-9H,1-3H3,(H,18,20)(H,19,21). The summed E-state index contributed by atoms with van der Waals surface area (Å²) in [6.45, 7) is 4.92. The van der Waals surface area contributed by atoms with E-state index in [-0.39, 0.29) is 11.6 Å². The molecule has 5 nitrogen and oxygen atoms in total. The Morgan fingerprint density at radius 1 is 1.18 bits per heavy atom. The van der Waals surface area contributed by atoms with Gasteiger partial charge in [-0.2, -0.15) is 13.2 Å². The number of nitrogens with one attached hydrogen (secondary N) is 2. The Morgan fingerprint density at radius 2 is 1.82 bits per heavy atom. The van der Waals surface area contributed by atoms with E-state index < -0.39 is 29.7 Å². The Bertz CT molecular complexity index is 544. The molecule has 0 heterocycles. The van der Waals surface area contributed by atoms with E-state index in [9.17, 15) is 22.8 Å². The van der Waals surface area contributed by atoms with Gasteiger partial charge >= 0.3 is 6.18 Å². The lowest BCUT2D eigenvalue weighted by Crippen LogP contribution is -2.42. The summed E-state index contributed by atoms with van der Waals surface area (Å²) in [5, 5.41) is 2.57. The van der Waals surface area contributed by atoms with Crippen LogP contribution < -0.4 is 10.8 Å². The average molecular weight is 318 g/mol. The Labute approximate surface area is 125 Å². The zero-order valence-electron chi connectivity index (χ0n) is 12.3. The lowest BCUT2D eigenvalue weighted by molar-refractivity contribution is -0.137. The summed E-state index contributed by atoms with van der Waals surface area (Å²) in [4.78, 5) is 28.1. The molecule has 1 aromatic carbocycles. The van der Waals surface area contributed by atoms with Crippen molar-refractivity contribution in [2.24, 2.45) is 0 Å². The number of amides is 2. The van der Waals surface area contributed by atoms with E-state index in [4.69, 9.17) is 4.84 Å². The van der Waals surface area contributed by atoms with Gasteiger partial charge in [-0.3, -0.25) is 14.4 Å². The maximum absolute atomic E-state index is 12.6. The highest BCUT2D eigenvalue weighted by atomic mass is 19.4. The molecule has 0 aliphatic heterocycles. The van der Waals surface area contributed by atoms with Crippen LogP contribution in [0, 0.1) is 0 Å². The van der Waals surface area contributed by atoms with Crippen LogP contribution in [-0.2, 0) is 15.8 Å². The minimum Gasteiger partial charge on any atom is -0.352 e. The number of hydrogen-bond acceptors (Lipinski definition) is 3. The first kappa shape index (κ1) is 18.0. The van der Waals surface area contributed by atoms with Gasteiger partial charge in [0.2, 0.25) is 0 Å². The molecular weight excluding hydrogens is 301 g/mol. The molecule has 0 fully saturated rings. The fraction of sp³-hybridized carbons (Fsp3) is 0.429. The quantitative estimate of drug-likeness (QED) is 0.819. The van der Waals surface area contributed by atoms with E-state index in [0.717, 1.165) is 12.1 Å². The third kappa shape index (κ3) is 5.36. The smallest absolute Gasteiger partial charge is 0.352 e. The highest BCUT2D eigenvalue weighted by Crippen LogP contribution is 2.29. The zero-order valence-corrected chi connectivity index (χ0v) is 12.3. The monoisotopic (exact) mass is 318 g/mol. The van der Waals surface area contributed by atoms with Crippen molar-refractivity contribution in [1.29, 1.82) is 0 Å². The lowest BCUT2D eigenvalue weighted by Gasteiger charge is -2.15. The van der Waals surface area contributed by atoms with E-state index in [2.05, 4.69) is 5.32 Å². The number of rotatable bonds is 5. The van der Waals surface area contributed by atoms with Crippen molar-refractivity contribution >= 4 is 11.8 Å². The molecule has 1 rings (SSSR count). The molecule has 22 heavy (non-hydrogen) atoms. The van der Waals surface area contributed by atoms with Crippen LogP contribution in [0.25, 0.3) is 0 Å². The number of hydrogen-bond donors (Lipinski definition) is 2. The fourth-order valence-electron chi connectivity index (χ4n) is 1.49. The van der Waals surface area contributed by atoms with Gasteiger partial charge in [0.1, 0.15) is 0 Å². The van der Waals surface area contributed by atoms with Gasteiger partial charge in [-0.1, -0.05) is 6.07 Å². The Morgan fingerprint density at radius 3 is 2.36 bits per heavy atom. The third-order valence-corrected chi connectivity index (χ3v) is 2.58. The first-order valence-electron chi connectivity index (χ1n) is 6.55. The summed E-state index contributed by atoms with van der Waals surface area (Å²) in [5.41, 5.74) is 0.809. The SMILES string of the molecule is CC(C)NC(=O)C(C)ONC(=O)c1cccc(C(F)(F)F)c1. The molecule has 8 heteroatoms. The number of alkyl halides is 3. The first-order chi connectivity index (χ1) is 10.1. The predicted molar refractivity (Wildman–Crippen MR) is 72.7 cm³/mol. The van der Waals surface area contributed by atoms with E-state index in [0.29, 0.717) is 6.07 Å². The van der Waals surface area contributed by atoms with Crippen LogP contribution in [0.1, 0.15) is 36.7 Å². The van der Waals surface area contributed by atoms with Crippen LogP contribution in [0.15, 0.2) is 24.3 Å². The molecule has 122 valence electrons. The number of benzene rings is 1. The molecule has 2 N–H and O–H groups in total. The van der Waals surface area contributed by atoms with Crippen molar-refractivity contribution in [3.63, 3.8) is 0 Å². The van der Waals surface area contributed by atoms with Crippen LogP contribution in [0.5, 0.6) is 0 Å². The number of hydroxylamine groups is 1.